The van der Waals surface area contributed by atoms with Crippen molar-refractivity contribution in [3.05, 3.63) is 76.4 Å². The fourth-order valence-electron chi connectivity index (χ4n) is 3.46. The van der Waals surface area contributed by atoms with Gasteiger partial charge >= 0.3 is 5.97 Å². The molecule has 0 atom stereocenters. The molecule has 2 aromatic carbocycles. The lowest BCUT2D eigenvalue weighted by molar-refractivity contribution is -0.131. The third-order valence-corrected chi connectivity index (χ3v) is 4.95. The maximum atomic E-state index is 12.9. The van der Waals surface area contributed by atoms with E-state index in [1.165, 1.54) is 0 Å². The van der Waals surface area contributed by atoms with Crippen LogP contribution in [0, 0.1) is 0 Å². The summed E-state index contributed by atoms with van der Waals surface area (Å²) >= 11 is 0. The van der Waals surface area contributed by atoms with Crippen molar-refractivity contribution in [2.75, 3.05) is 12.4 Å². The molecule has 0 aliphatic carbocycles. The predicted octanol–water partition coefficient (Wildman–Crippen LogP) is 2.93. The van der Waals surface area contributed by atoms with Gasteiger partial charge in [0.2, 0.25) is 5.91 Å². The molecule has 2 N–H and O–H groups in total. The molecule has 8 nitrogen and oxygen atoms in total. The van der Waals surface area contributed by atoms with Crippen molar-refractivity contribution in [3.8, 4) is 5.75 Å². The molecule has 4 rings (SSSR count). The highest BCUT2D eigenvalue weighted by Crippen LogP contribution is 2.28. The van der Waals surface area contributed by atoms with Gasteiger partial charge in [0.25, 0.3) is 5.56 Å². The summed E-state index contributed by atoms with van der Waals surface area (Å²) in [4.78, 5) is 40.0. The second-order valence-electron chi connectivity index (χ2n) is 6.98. The standard InChI is InChI=1S/C23H19N3O5/c1-31-17-5-2-14(3-6-17)12-15-10-11-26-22(15)25-19-13-16(4-7-18(19)23(26)30)24-20(27)8-9-21(28)29/h2-9,12-13H,10-11H2,1H3,(H,24,27)(H,28,29)/b9-8+,15-12?. The number of allylic oxidation sites excluding steroid dienone is 1. The Kier molecular flexibility index (Phi) is 5.36. The molecule has 1 aliphatic rings. The number of rotatable bonds is 5. The molecule has 0 fully saturated rings. The monoisotopic (exact) mass is 417 g/mol. The SMILES string of the molecule is COc1ccc(C=C2CCn3c2nc2cc(NC(=O)/C=C/C(=O)O)ccc2c3=O)cc1. The summed E-state index contributed by atoms with van der Waals surface area (Å²) in [5, 5.41) is 11.6. The number of hydrogen-bond donors (Lipinski definition) is 2. The van der Waals surface area contributed by atoms with Crippen LogP contribution >= 0.6 is 0 Å². The lowest BCUT2D eigenvalue weighted by Crippen LogP contribution is -2.21. The van der Waals surface area contributed by atoms with Crippen LogP contribution in [-0.4, -0.2) is 33.6 Å². The first-order chi connectivity index (χ1) is 14.9. The van der Waals surface area contributed by atoms with Gasteiger partial charge in [-0.15, -0.1) is 0 Å². The number of carbonyl (C=O) groups is 2. The molecule has 0 saturated carbocycles. The van der Waals surface area contributed by atoms with Gasteiger partial charge in [0.1, 0.15) is 11.6 Å². The van der Waals surface area contributed by atoms with Gasteiger partial charge < -0.3 is 15.2 Å². The number of anilines is 1. The molecule has 3 aromatic rings. The minimum absolute atomic E-state index is 0.137. The first-order valence-corrected chi connectivity index (χ1v) is 9.56. The quantitative estimate of drug-likeness (QED) is 0.618. The second kappa shape index (κ2) is 8.27. The summed E-state index contributed by atoms with van der Waals surface area (Å²) in [6.07, 6.45) is 4.37. The zero-order valence-corrected chi connectivity index (χ0v) is 16.7. The average molecular weight is 417 g/mol. The van der Waals surface area contributed by atoms with E-state index in [2.05, 4.69) is 10.3 Å². The van der Waals surface area contributed by atoms with Crippen molar-refractivity contribution in [1.29, 1.82) is 0 Å². The molecule has 31 heavy (non-hydrogen) atoms. The van der Waals surface area contributed by atoms with E-state index < -0.39 is 11.9 Å². The maximum Gasteiger partial charge on any atom is 0.328 e. The van der Waals surface area contributed by atoms with E-state index in [1.807, 2.05) is 30.3 Å². The Labute approximate surface area is 177 Å². The molecule has 0 radical (unpaired) electrons. The average Bonchev–Trinajstić information content (AvgIpc) is 3.15. The van der Waals surface area contributed by atoms with Gasteiger partial charge in [-0.05, 0) is 54.0 Å². The Morgan fingerprint density at radius 1 is 1.16 bits per heavy atom. The van der Waals surface area contributed by atoms with Crippen LogP contribution < -0.4 is 15.6 Å². The zero-order chi connectivity index (χ0) is 22.0. The summed E-state index contributed by atoms with van der Waals surface area (Å²) in [6.45, 7) is 0.553. The van der Waals surface area contributed by atoms with Gasteiger partial charge in [-0.3, -0.25) is 14.2 Å². The normalized spacial score (nSPS) is 14.2. The summed E-state index contributed by atoms with van der Waals surface area (Å²) < 4.78 is 6.84. The van der Waals surface area contributed by atoms with Gasteiger partial charge in [0, 0.05) is 24.4 Å². The number of nitrogens with zero attached hydrogens (tertiary/aromatic N) is 2. The number of carbonyl (C=O) groups excluding carboxylic acids is 1. The Balaban J connectivity index is 1.69. The van der Waals surface area contributed by atoms with E-state index in [9.17, 15) is 14.4 Å². The fraction of sp³-hybridized carbons (Fsp3) is 0.130. The minimum atomic E-state index is -1.21. The fourth-order valence-corrected chi connectivity index (χ4v) is 3.46. The largest absolute Gasteiger partial charge is 0.497 e. The van der Waals surface area contributed by atoms with Crippen molar-refractivity contribution in [2.45, 2.75) is 13.0 Å². The lowest BCUT2D eigenvalue weighted by Gasteiger charge is -2.08. The Bertz CT molecular complexity index is 1300. The summed E-state index contributed by atoms with van der Waals surface area (Å²) in [7, 11) is 1.61. The lowest BCUT2D eigenvalue weighted by atomic mass is 10.1. The molecule has 0 bridgehead atoms. The van der Waals surface area contributed by atoms with E-state index in [-0.39, 0.29) is 5.56 Å². The summed E-state index contributed by atoms with van der Waals surface area (Å²) in [5.41, 5.74) is 2.66. The van der Waals surface area contributed by atoms with Gasteiger partial charge in [-0.1, -0.05) is 12.1 Å². The van der Waals surface area contributed by atoms with Crippen LogP contribution in [-0.2, 0) is 16.1 Å². The van der Waals surface area contributed by atoms with Crippen LogP contribution in [0.3, 0.4) is 0 Å². The third kappa shape index (κ3) is 4.23. The Hall–Kier alpha value is -4.20. The summed E-state index contributed by atoms with van der Waals surface area (Å²) in [6, 6.07) is 12.4. The first-order valence-electron chi connectivity index (χ1n) is 9.56. The van der Waals surface area contributed by atoms with Gasteiger partial charge in [0.05, 0.1) is 18.0 Å². The van der Waals surface area contributed by atoms with E-state index in [4.69, 9.17) is 9.84 Å². The number of hydrogen-bond acceptors (Lipinski definition) is 5. The van der Waals surface area contributed by atoms with E-state index >= 15 is 0 Å². The Morgan fingerprint density at radius 3 is 2.65 bits per heavy atom. The number of carboxylic acid groups (broad SMARTS) is 1. The molecule has 156 valence electrons. The van der Waals surface area contributed by atoms with E-state index in [1.54, 1.807) is 29.9 Å². The van der Waals surface area contributed by atoms with Crippen LogP contribution in [0.2, 0.25) is 0 Å². The van der Waals surface area contributed by atoms with Crippen LogP contribution in [0.5, 0.6) is 5.75 Å². The maximum absolute atomic E-state index is 12.9. The topological polar surface area (TPSA) is 111 Å². The van der Waals surface area contributed by atoms with Gasteiger partial charge in [-0.2, -0.15) is 0 Å². The van der Waals surface area contributed by atoms with Crippen molar-refractivity contribution >= 4 is 40.1 Å². The predicted molar refractivity (Wildman–Crippen MR) is 117 cm³/mol. The molecule has 8 heteroatoms. The van der Waals surface area contributed by atoms with Gasteiger partial charge in [0.15, 0.2) is 0 Å². The molecule has 2 heterocycles. The van der Waals surface area contributed by atoms with Crippen LogP contribution in [0.4, 0.5) is 5.69 Å². The highest BCUT2D eigenvalue weighted by atomic mass is 16.5. The molecule has 1 aliphatic heterocycles. The van der Waals surface area contributed by atoms with Crippen molar-refractivity contribution in [3.63, 3.8) is 0 Å². The minimum Gasteiger partial charge on any atom is -0.497 e. The van der Waals surface area contributed by atoms with Crippen LogP contribution in [0.25, 0.3) is 22.6 Å². The molecule has 0 saturated heterocycles. The third-order valence-electron chi connectivity index (χ3n) is 4.95. The number of methoxy groups -OCH3 is 1. The number of aliphatic carboxylic acids is 1. The number of aromatic nitrogens is 2. The van der Waals surface area contributed by atoms with Crippen molar-refractivity contribution in [2.24, 2.45) is 0 Å². The zero-order valence-electron chi connectivity index (χ0n) is 16.7. The number of ether oxygens (including phenoxy) is 1. The molecule has 1 aromatic heterocycles. The van der Waals surface area contributed by atoms with E-state index in [0.717, 1.165) is 29.0 Å². The first kappa shape index (κ1) is 20.1. The van der Waals surface area contributed by atoms with Crippen molar-refractivity contribution < 1.29 is 19.4 Å². The van der Waals surface area contributed by atoms with Crippen LogP contribution in [0.15, 0.2) is 59.4 Å². The molecule has 0 unspecified atom stereocenters. The van der Waals surface area contributed by atoms with E-state index in [0.29, 0.717) is 35.4 Å². The molecular formula is C23H19N3O5. The Morgan fingerprint density at radius 2 is 1.94 bits per heavy atom. The molecule has 1 amide bonds. The number of fused-ring (bicyclic) bond motifs is 2. The van der Waals surface area contributed by atoms with Crippen molar-refractivity contribution in [1.82, 2.24) is 9.55 Å². The molecule has 0 spiro atoms. The highest BCUT2D eigenvalue weighted by molar-refractivity contribution is 6.03. The number of benzene rings is 2. The number of nitrogens with one attached hydrogen (secondary N) is 1. The van der Waals surface area contributed by atoms with Crippen LogP contribution in [0.1, 0.15) is 17.8 Å². The highest BCUT2D eigenvalue weighted by Gasteiger charge is 2.21. The number of amides is 1. The smallest absolute Gasteiger partial charge is 0.328 e. The summed E-state index contributed by atoms with van der Waals surface area (Å²) in [5.74, 6) is -0.431. The molecular weight excluding hydrogens is 398 g/mol. The van der Waals surface area contributed by atoms with Gasteiger partial charge in [-0.25, -0.2) is 9.78 Å². The second-order valence-corrected chi connectivity index (χ2v) is 6.98. The number of carboxylic acids is 1.